The van der Waals surface area contributed by atoms with Gasteiger partial charge in [-0.25, -0.2) is 0 Å². The molecular formula is C16H15N3O3. The molecule has 0 aliphatic heterocycles. The molecule has 0 atom stereocenters. The van der Waals surface area contributed by atoms with Crippen molar-refractivity contribution in [3.8, 4) is 33.9 Å². The number of rotatable bonds is 4. The molecule has 0 unspecified atom stereocenters. The molecule has 6 heteroatoms. The van der Waals surface area contributed by atoms with Crippen LogP contribution in [-0.2, 0) is 0 Å². The molecule has 22 heavy (non-hydrogen) atoms. The van der Waals surface area contributed by atoms with Crippen molar-refractivity contribution < 1.29 is 14.0 Å². The van der Waals surface area contributed by atoms with Gasteiger partial charge in [-0.05, 0) is 29.8 Å². The first-order chi connectivity index (χ1) is 10.8. The number of benzene rings is 1. The minimum Gasteiger partial charge on any atom is -0.493 e. The summed E-state index contributed by atoms with van der Waals surface area (Å²) >= 11 is 0. The van der Waals surface area contributed by atoms with E-state index in [9.17, 15) is 0 Å². The van der Waals surface area contributed by atoms with Crippen molar-refractivity contribution in [2.24, 2.45) is 0 Å². The average molecular weight is 297 g/mol. The topological polar surface area (TPSA) is 83.4 Å². The molecule has 0 aliphatic rings. The van der Waals surface area contributed by atoms with Crippen molar-refractivity contribution in [2.75, 3.05) is 20.0 Å². The zero-order chi connectivity index (χ0) is 15.5. The minimum absolute atomic E-state index is 0.242. The van der Waals surface area contributed by atoms with Crippen LogP contribution in [0.3, 0.4) is 0 Å². The van der Waals surface area contributed by atoms with Gasteiger partial charge in [0.1, 0.15) is 5.69 Å². The van der Waals surface area contributed by atoms with Crippen LogP contribution < -0.4 is 15.2 Å². The standard InChI is InChI=1S/C16H15N3O3/c1-20-12-5-3-4-11(15(12)21-2)14-13(16(17)22-19-14)10-6-8-18-9-7-10/h3-9H,17H2,1-2H3. The summed E-state index contributed by atoms with van der Waals surface area (Å²) in [4.78, 5) is 4.01. The molecule has 0 spiro atoms. The summed E-state index contributed by atoms with van der Waals surface area (Å²) in [5.74, 6) is 1.43. The molecule has 112 valence electrons. The SMILES string of the molecule is COc1cccc(-c2noc(N)c2-c2ccncc2)c1OC. The van der Waals surface area contributed by atoms with Gasteiger partial charge in [-0.2, -0.15) is 0 Å². The van der Waals surface area contributed by atoms with E-state index in [2.05, 4.69) is 10.1 Å². The van der Waals surface area contributed by atoms with Crippen LogP contribution >= 0.6 is 0 Å². The van der Waals surface area contributed by atoms with E-state index in [1.165, 1.54) is 0 Å². The molecule has 0 radical (unpaired) electrons. The number of pyridine rings is 1. The number of nitrogen functional groups attached to an aromatic ring is 1. The molecule has 2 N–H and O–H groups in total. The largest absolute Gasteiger partial charge is 0.493 e. The average Bonchev–Trinajstić information content (AvgIpc) is 2.96. The Kier molecular flexibility index (Phi) is 3.65. The number of hydrogen-bond acceptors (Lipinski definition) is 6. The van der Waals surface area contributed by atoms with Gasteiger partial charge in [0.2, 0.25) is 5.88 Å². The fraction of sp³-hybridized carbons (Fsp3) is 0.125. The highest BCUT2D eigenvalue weighted by atomic mass is 16.5. The van der Waals surface area contributed by atoms with Gasteiger partial charge >= 0.3 is 0 Å². The van der Waals surface area contributed by atoms with E-state index in [1.54, 1.807) is 26.6 Å². The molecule has 0 bridgehead atoms. The lowest BCUT2D eigenvalue weighted by Crippen LogP contribution is -1.94. The number of methoxy groups -OCH3 is 2. The first-order valence-electron chi connectivity index (χ1n) is 6.63. The summed E-state index contributed by atoms with van der Waals surface area (Å²) < 4.78 is 16.0. The summed E-state index contributed by atoms with van der Waals surface area (Å²) in [7, 11) is 3.17. The Morgan fingerprint density at radius 3 is 2.50 bits per heavy atom. The van der Waals surface area contributed by atoms with Gasteiger partial charge in [0.15, 0.2) is 11.5 Å². The summed E-state index contributed by atoms with van der Waals surface area (Å²) in [6.07, 6.45) is 3.38. The molecule has 0 aliphatic carbocycles. The van der Waals surface area contributed by atoms with Crippen molar-refractivity contribution in [3.05, 3.63) is 42.7 Å². The highest BCUT2D eigenvalue weighted by Gasteiger charge is 2.22. The Morgan fingerprint density at radius 1 is 1.05 bits per heavy atom. The molecule has 0 fully saturated rings. The lowest BCUT2D eigenvalue weighted by atomic mass is 10.0. The fourth-order valence-electron chi connectivity index (χ4n) is 2.36. The van der Waals surface area contributed by atoms with Crippen molar-refractivity contribution in [1.82, 2.24) is 10.1 Å². The number of anilines is 1. The quantitative estimate of drug-likeness (QED) is 0.797. The van der Waals surface area contributed by atoms with E-state index in [0.717, 1.165) is 11.1 Å². The van der Waals surface area contributed by atoms with Gasteiger partial charge in [-0.15, -0.1) is 0 Å². The Bertz CT molecular complexity index is 785. The third kappa shape index (κ3) is 2.24. The third-order valence-corrected chi connectivity index (χ3v) is 3.35. The maximum Gasteiger partial charge on any atom is 0.230 e. The maximum atomic E-state index is 5.95. The van der Waals surface area contributed by atoms with Crippen LogP contribution in [0.5, 0.6) is 11.5 Å². The second kappa shape index (κ2) is 5.77. The summed E-state index contributed by atoms with van der Waals surface area (Å²) in [5.41, 5.74) is 8.86. The van der Waals surface area contributed by atoms with Crippen molar-refractivity contribution in [2.45, 2.75) is 0 Å². The lowest BCUT2D eigenvalue weighted by molar-refractivity contribution is 0.355. The highest BCUT2D eigenvalue weighted by Crippen LogP contribution is 2.43. The highest BCUT2D eigenvalue weighted by molar-refractivity contribution is 5.89. The molecule has 2 heterocycles. The lowest BCUT2D eigenvalue weighted by Gasteiger charge is -2.11. The minimum atomic E-state index is 0.242. The van der Waals surface area contributed by atoms with Crippen molar-refractivity contribution in [3.63, 3.8) is 0 Å². The van der Waals surface area contributed by atoms with E-state index in [4.69, 9.17) is 19.7 Å². The second-order valence-corrected chi connectivity index (χ2v) is 4.55. The van der Waals surface area contributed by atoms with Crippen LogP contribution in [0.4, 0.5) is 5.88 Å². The number of nitrogens with two attached hydrogens (primary N) is 1. The molecule has 0 amide bonds. The number of aromatic nitrogens is 2. The molecule has 0 saturated carbocycles. The van der Waals surface area contributed by atoms with E-state index in [1.807, 2.05) is 30.3 Å². The number of ether oxygens (including phenoxy) is 2. The molecule has 1 aromatic carbocycles. The number of para-hydroxylation sites is 1. The van der Waals surface area contributed by atoms with Gasteiger partial charge in [-0.1, -0.05) is 11.2 Å². The monoisotopic (exact) mass is 297 g/mol. The van der Waals surface area contributed by atoms with Gasteiger partial charge in [-0.3, -0.25) is 4.98 Å². The Hall–Kier alpha value is -3.02. The summed E-state index contributed by atoms with van der Waals surface area (Å²) in [5, 5.41) is 4.09. The smallest absolute Gasteiger partial charge is 0.230 e. The third-order valence-electron chi connectivity index (χ3n) is 3.35. The van der Waals surface area contributed by atoms with E-state index in [0.29, 0.717) is 22.8 Å². The van der Waals surface area contributed by atoms with E-state index >= 15 is 0 Å². The molecule has 3 aromatic rings. The number of nitrogens with zero attached hydrogens (tertiary/aromatic N) is 2. The Balaban J connectivity index is 2.23. The van der Waals surface area contributed by atoms with Gasteiger partial charge < -0.3 is 19.7 Å². The molecule has 6 nitrogen and oxygen atoms in total. The van der Waals surface area contributed by atoms with Crippen molar-refractivity contribution in [1.29, 1.82) is 0 Å². The number of hydrogen-bond donors (Lipinski definition) is 1. The van der Waals surface area contributed by atoms with Gasteiger partial charge in [0, 0.05) is 12.4 Å². The van der Waals surface area contributed by atoms with Crippen LogP contribution in [0.1, 0.15) is 0 Å². The van der Waals surface area contributed by atoms with Crippen molar-refractivity contribution >= 4 is 5.88 Å². The van der Waals surface area contributed by atoms with Gasteiger partial charge in [0.25, 0.3) is 0 Å². The fourth-order valence-corrected chi connectivity index (χ4v) is 2.36. The van der Waals surface area contributed by atoms with Crippen LogP contribution in [-0.4, -0.2) is 24.4 Å². The molecular weight excluding hydrogens is 282 g/mol. The predicted octanol–water partition coefficient (Wildman–Crippen LogP) is 3.00. The predicted molar refractivity (Wildman–Crippen MR) is 82.7 cm³/mol. The molecule has 2 aromatic heterocycles. The molecule has 3 rings (SSSR count). The van der Waals surface area contributed by atoms with E-state index < -0.39 is 0 Å². The van der Waals surface area contributed by atoms with Crippen LogP contribution in [0, 0.1) is 0 Å². The van der Waals surface area contributed by atoms with Crippen LogP contribution in [0.2, 0.25) is 0 Å². The zero-order valence-electron chi connectivity index (χ0n) is 12.2. The summed E-state index contributed by atoms with van der Waals surface area (Å²) in [6, 6.07) is 9.25. The first-order valence-corrected chi connectivity index (χ1v) is 6.63. The molecule has 0 saturated heterocycles. The first kappa shape index (κ1) is 13.9. The summed E-state index contributed by atoms with van der Waals surface area (Å²) in [6.45, 7) is 0. The van der Waals surface area contributed by atoms with Crippen LogP contribution in [0.25, 0.3) is 22.4 Å². The maximum absolute atomic E-state index is 5.95. The second-order valence-electron chi connectivity index (χ2n) is 4.55. The Morgan fingerprint density at radius 2 is 1.82 bits per heavy atom. The normalized spacial score (nSPS) is 10.5. The Labute approximate surface area is 127 Å². The van der Waals surface area contributed by atoms with E-state index in [-0.39, 0.29) is 5.88 Å². The van der Waals surface area contributed by atoms with Crippen LogP contribution in [0.15, 0.2) is 47.2 Å². The zero-order valence-corrected chi connectivity index (χ0v) is 12.2. The van der Waals surface area contributed by atoms with Gasteiger partial charge in [0.05, 0.1) is 25.3 Å².